The number of hydrogen-bond acceptors (Lipinski definition) is 1. The first-order chi connectivity index (χ1) is 5.24. The van der Waals surface area contributed by atoms with Gasteiger partial charge < -0.3 is 0 Å². The van der Waals surface area contributed by atoms with Gasteiger partial charge in [-0.3, -0.25) is 4.85 Å². The number of hydrogen-bond donors (Lipinski definition) is 0. The van der Waals surface area contributed by atoms with E-state index >= 15 is 0 Å². The quantitative estimate of drug-likeness (QED) is 0.516. The van der Waals surface area contributed by atoms with Crippen LogP contribution in [0, 0.1) is 12.5 Å². The second kappa shape index (κ2) is 2.22. The number of fused-ring (bicyclic) bond motifs is 1. The summed E-state index contributed by atoms with van der Waals surface area (Å²) in [6, 6.07) is 1.33. The van der Waals surface area contributed by atoms with Crippen molar-refractivity contribution < 1.29 is 0 Å². The van der Waals surface area contributed by atoms with Crippen LogP contribution in [-0.4, -0.2) is 23.1 Å². The van der Waals surface area contributed by atoms with E-state index in [0.29, 0.717) is 6.04 Å². The molecule has 0 bridgehead atoms. The predicted octanol–water partition coefficient (Wildman–Crippen LogP) is 1.73. The first kappa shape index (κ1) is 7.12. The van der Waals surface area contributed by atoms with E-state index in [-0.39, 0.29) is 6.17 Å². The monoisotopic (exact) mass is 150 g/mol. The van der Waals surface area contributed by atoms with E-state index in [1.165, 1.54) is 6.42 Å². The maximum absolute atomic E-state index is 7.02. The molecule has 0 aromatic rings. The van der Waals surface area contributed by atoms with E-state index in [0.717, 1.165) is 18.4 Å². The lowest BCUT2D eigenvalue weighted by atomic mass is 10.2. The van der Waals surface area contributed by atoms with Crippen molar-refractivity contribution in [2.45, 2.75) is 44.9 Å². The molecule has 3 atom stereocenters. The Bertz CT molecular complexity index is 204. The van der Waals surface area contributed by atoms with Crippen LogP contribution in [0.15, 0.2) is 0 Å². The third-order valence-corrected chi connectivity index (χ3v) is 2.87. The first-order valence-electron chi connectivity index (χ1n) is 4.38. The first-order valence-corrected chi connectivity index (χ1v) is 4.38. The maximum atomic E-state index is 7.02. The molecule has 2 rings (SSSR count). The largest absolute Gasteiger partial charge is 0.296 e. The molecule has 2 nitrogen and oxygen atoms in total. The lowest BCUT2D eigenvalue weighted by molar-refractivity contribution is 0.199. The number of likely N-dealkylation sites (tertiary alicyclic amines) is 1. The van der Waals surface area contributed by atoms with Crippen LogP contribution in [0.1, 0.15) is 26.7 Å². The van der Waals surface area contributed by atoms with Gasteiger partial charge in [0.15, 0.2) is 0 Å². The van der Waals surface area contributed by atoms with Gasteiger partial charge in [0, 0.05) is 18.5 Å². The molecule has 0 aromatic carbocycles. The molecular formula is C9H14N2. The number of rotatable bonds is 1. The van der Waals surface area contributed by atoms with Crippen LogP contribution < -0.4 is 0 Å². The van der Waals surface area contributed by atoms with Crippen molar-refractivity contribution in [3.8, 4) is 0 Å². The van der Waals surface area contributed by atoms with Crippen molar-refractivity contribution in [1.82, 2.24) is 4.90 Å². The van der Waals surface area contributed by atoms with Crippen molar-refractivity contribution in [2.75, 3.05) is 0 Å². The van der Waals surface area contributed by atoms with Gasteiger partial charge in [0.25, 0.3) is 6.17 Å². The molecule has 0 aromatic heterocycles. The van der Waals surface area contributed by atoms with E-state index in [9.17, 15) is 0 Å². The van der Waals surface area contributed by atoms with Crippen molar-refractivity contribution in [1.29, 1.82) is 0 Å². The Morgan fingerprint density at radius 2 is 2.18 bits per heavy atom. The van der Waals surface area contributed by atoms with Crippen LogP contribution >= 0.6 is 0 Å². The molecule has 2 heteroatoms. The van der Waals surface area contributed by atoms with E-state index in [1.807, 2.05) is 0 Å². The topological polar surface area (TPSA) is 7.60 Å². The van der Waals surface area contributed by atoms with Gasteiger partial charge >= 0.3 is 0 Å². The zero-order valence-corrected chi connectivity index (χ0v) is 7.12. The summed E-state index contributed by atoms with van der Waals surface area (Å²) in [4.78, 5) is 6.03. The molecule has 2 fully saturated rings. The molecule has 0 radical (unpaired) electrons. The molecule has 60 valence electrons. The van der Waals surface area contributed by atoms with Gasteiger partial charge in [0.1, 0.15) is 0 Å². The molecule has 3 unspecified atom stereocenters. The Labute approximate surface area is 68.0 Å². The summed E-state index contributed by atoms with van der Waals surface area (Å²) in [6.07, 6.45) is 2.69. The van der Waals surface area contributed by atoms with Gasteiger partial charge in [0.05, 0.1) is 0 Å². The normalized spacial score (nSPS) is 42.2. The standard InChI is InChI=1S/C9H14N2/c1-6(2)11-8-4-7(8)5-9(11)10-3/h6-9H,4-5H2,1-2H3. The van der Waals surface area contributed by atoms with Crippen LogP contribution in [0.3, 0.4) is 0 Å². The minimum absolute atomic E-state index is 0.207. The molecule has 1 saturated carbocycles. The summed E-state index contributed by atoms with van der Waals surface area (Å²) in [5.74, 6) is 0.872. The number of piperidine rings is 1. The Balaban J connectivity index is 2.10. The van der Waals surface area contributed by atoms with Crippen molar-refractivity contribution in [3.63, 3.8) is 0 Å². The molecule has 0 N–H and O–H groups in total. The van der Waals surface area contributed by atoms with E-state index < -0.39 is 0 Å². The summed E-state index contributed by atoms with van der Waals surface area (Å²) in [7, 11) is 0. The van der Waals surface area contributed by atoms with Gasteiger partial charge in [-0.1, -0.05) is 0 Å². The van der Waals surface area contributed by atoms with Crippen molar-refractivity contribution >= 4 is 0 Å². The van der Waals surface area contributed by atoms with Crippen LogP contribution in [0.4, 0.5) is 0 Å². The fourth-order valence-electron chi connectivity index (χ4n) is 2.31. The average Bonchev–Trinajstić information content (AvgIpc) is 2.61. The summed E-state index contributed by atoms with van der Waals surface area (Å²) in [5.41, 5.74) is 0. The molecule has 1 aliphatic carbocycles. The zero-order valence-electron chi connectivity index (χ0n) is 7.12. The second-order valence-electron chi connectivity index (χ2n) is 3.95. The van der Waals surface area contributed by atoms with Gasteiger partial charge in [-0.25, -0.2) is 11.5 Å². The van der Waals surface area contributed by atoms with Crippen LogP contribution in [0.5, 0.6) is 0 Å². The third kappa shape index (κ3) is 0.954. The summed E-state index contributed by atoms with van der Waals surface area (Å²) in [5, 5.41) is 0. The number of nitrogens with zero attached hydrogens (tertiary/aromatic N) is 2. The lowest BCUT2D eigenvalue weighted by Crippen LogP contribution is -2.36. The van der Waals surface area contributed by atoms with Crippen LogP contribution in [0.2, 0.25) is 0 Å². The molecule has 2 aliphatic rings. The third-order valence-electron chi connectivity index (χ3n) is 2.87. The molecule has 11 heavy (non-hydrogen) atoms. The smallest absolute Gasteiger partial charge is 0.280 e. The van der Waals surface area contributed by atoms with Crippen LogP contribution in [-0.2, 0) is 0 Å². The van der Waals surface area contributed by atoms with Crippen molar-refractivity contribution in [2.24, 2.45) is 5.92 Å². The highest BCUT2D eigenvalue weighted by atomic mass is 15.3. The van der Waals surface area contributed by atoms with Gasteiger partial charge in [-0.2, -0.15) is 0 Å². The highest BCUT2D eigenvalue weighted by molar-refractivity contribution is 5.08. The second-order valence-corrected chi connectivity index (χ2v) is 3.95. The molecule has 1 saturated heterocycles. The highest BCUT2D eigenvalue weighted by Crippen LogP contribution is 2.48. The molecule has 0 spiro atoms. The zero-order chi connectivity index (χ0) is 8.01. The van der Waals surface area contributed by atoms with Gasteiger partial charge in [-0.15, -0.1) is 0 Å². The van der Waals surface area contributed by atoms with Crippen molar-refractivity contribution in [3.05, 3.63) is 11.4 Å². The molecule has 1 aliphatic heterocycles. The van der Waals surface area contributed by atoms with Gasteiger partial charge in [-0.05, 0) is 26.2 Å². The summed E-state index contributed by atoms with van der Waals surface area (Å²) >= 11 is 0. The molecular weight excluding hydrogens is 136 g/mol. The maximum Gasteiger partial charge on any atom is 0.280 e. The van der Waals surface area contributed by atoms with Gasteiger partial charge in [0.2, 0.25) is 0 Å². The summed E-state index contributed by atoms with van der Waals surface area (Å²) in [6.45, 7) is 11.4. The molecule has 1 heterocycles. The Kier molecular flexibility index (Phi) is 1.43. The SMILES string of the molecule is [C-]#[N+]C1CC2CC2N1C(C)C. The highest BCUT2D eigenvalue weighted by Gasteiger charge is 2.55. The van der Waals surface area contributed by atoms with E-state index in [4.69, 9.17) is 6.57 Å². The Morgan fingerprint density at radius 1 is 1.45 bits per heavy atom. The predicted molar refractivity (Wildman–Crippen MR) is 43.9 cm³/mol. The Morgan fingerprint density at radius 3 is 2.64 bits per heavy atom. The average molecular weight is 150 g/mol. The molecule has 0 amide bonds. The minimum atomic E-state index is 0.207. The summed E-state index contributed by atoms with van der Waals surface area (Å²) < 4.78 is 0. The van der Waals surface area contributed by atoms with E-state index in [1.54, 1.807) is 0 Å². The lowest BCUT2D eigenvalue weighted by Gasteiger charge is -2.22. The fourth-order valence-corrected chi connectivity index (χ4v) is 2.31. The Hall–Kier alpha value is -0.550. The van der Waals surface area contributed by atoms with Crippen LogP contribution in [0.25, 0.3) is 4.85 Å². The van der Waals surface area contributed by atoms with E-state index in [2.05, 4.69) is 23.6 Å². The minimum Gasteiger partial charge on any atom is -0.296 e. The fraction of sp³-hybridized carbons (Fsp3) is 0.889.